The van der Waals surface area contributed by atoms with Gasteiger partial charge in [-0.3, -0.25) is 9.59 Å². The number of ether oxygens (including phenoxy) is 1. The van der Waals surface area contributed by atoms with E-state index < -0.39 is 6.04 Å². The third kappa shape index (κ3) is 7.24. The lowest BCUT2D eigenvalue weighted by Crippen LogP contribution is -2.29. The maximum Gasteiger partial charge on any atom is 0.253 e. The van der Waals surface area contributed by atoms with Crippen LogP contribution in [-0.2, 0) is 11.3 Å². The number of allylic oxidation sites excluding steroid dienone is 1. The average molecular weight is 534 g/mol. The minimum Gasteiger partial charge on any atom is -0.494 e. The Hall–Kier alpha value is -3.01. The molecular formula is C24H25Cl2N5O3S. The molecule has 1 aromatic heterocycles. The molecule has 184 valence electrons. The van der Waals surface area contributed by atoms with Crippen molar-refractivity contribution in [3.05, 3.63) is 76.6 Å². The van der Waals surface area contributed by atoms with E-state index in [9.17, 15) is 9.59 Å². The molecule has 2 amide bonds. The van der Waals surface area contributed by atoms with E-state index in [1.54, 1.807) is 54.0 Å². The summed E-state index contributed by atoms with van der Waals surface area (Å²) >= 11 is 13.3. The predicted molar refractivity (Wildman–Crippen MR) is 140 cm³/mol. The van der Waals surface area contributed by atoms with Crippen molar-refractivity contribution in [3.63, 3.8) is 0 Å². The highest BCUT2D eigenvalue weighted by Gasteiger charge is 2.21. The van der Waals surface area contributed by atoms with Crippen molar-refractivity contribution in [2.75, 3.05) is 17.7 Å². The first-order chi connectivity index (χ1) is 16.8. The zero-order valence-corrected chi connectivity index (χ0v) is 21.6. The van der Waals surface area contributed by atoms with Gasteiger partial charge in [-0.2, -0.15) is 0 Å². The predicted octanol–water partition coefficient (Wildman–Crippen LogP) is 5.39. The normalized spacial score (nSPS) is 11.5. The largest absolute Gasteiger partial charge is 0.494 e. The van der Waals surface area contributed by atoms with Crippen LogP contribution in [0.4, 0.5) is 5.69 Å². The van der Waals surface area contributed by atoms with E-state index in [1.807, 2.05) is 6.92 Å². The second-order valence-corrected chi connectivity index (χ2v) is 9.14. The summed E-state index contributed by atoms with van der Waals surface area (Å²) in [6.07, 6.45) is 1.70. The second-order valence-electron chi connectivity index (χ2n) is 7.35. The first-order valence-electron chi connectivity index (χ1n) is 10.8. The van der Waals surface area contributed by atoms with Crippen LogP contribution in [0, 0.1) is 0 Å². The molecule has 0 saturated heterocycles. The Bertz CT molecular complexity index is 1200. The number of carbonyl (C=O) groups excluding carboxylic acids is 2. The second kappa shape index (κ2) is 12.6. The molecule has 2 aromatic carbocycles. The summed E-state index contributed by atoms with van der Waals surface area (Å²) in [4.78, 5) is 25.1. The Labute approximate surface area is 218 Å². The number of nitrogens with zero attached hydrogens (tertiary/aromatic N) is 3. The van der Waals surface area contributed by atoms with E-state index in [2.05, 4.69) is 27.4 Å². The zero-order valence-electron chi connectivity index (χ0n) is 19.3. The van der Waals surface area contributed by atoms with Gasteiger partial charge in [0, 0.05) is 17.3 Å². The Morgan fingerprint density at radius 1 is 1.20 bits per heavy atom. The maximum atomic E-state index is 12.7. The number of nitrogens with one attached hydrogen (secondary N) is 2. The van der Waals surface area contributed by atoms with Crippen LogP contribution in [0.15, 0.2) is 60.3 Å². The lowest BCUT2D eigenvalue weighted by atomic mass is 10.2. The number of aromatic nitrogens is 3. The summed E-state index contributed by atoms with van der Waals surface area (Å²) in [5.74, 6) is 0.843. The molecule has 0 saturated carbocycles. The standard InChI is InChI=1S/C24H25Cl2N5O3S/c1-4-12-31-22(15(3)27-23(33)19-11-6-16(25)13-20(19)26)29-30-24(31)35-14-21(32)28-17-7-9-18(10-8-17)34-5-2/h4,6-11,13,15H,1,5,12,14H2,2-3H3,(H,27,33)(H,28,32)/t15-/m1/s1. The number of rotatable bonds is 11. The van der Waals surface area contributed by atoms with E-state index in [-0.39, 0.29) is 22.6 Å². The molecule has 3 rings (SSSR count). The summed E-state index contributed by atoms with van der Waals surface area (Å²) in [5.41, 5.74) is 0.975. The van der Waals surface area contributed by atoms with Crippen molar-refractivity contribution in [2.45, 2.75) is 31.6 Å². The van der Waals surface area contributed by atoms with Gasteiger partial charge in [0.05, 0.1) is 29.0 Å². The van der Waals surface area contributed by atoms with Crippen molar-refractivity contribution in [3.8, 4) is 5.75 Å². The maximum absolute atomic E-state index is 12.7. The number of benzene rings is 2. The minimum atomic E-state index is -0.478. The van der Waals surface area contributed by atoms with Crippen LogP contribution in [0.5, 0.6) is 5.75 Å². The molecule has 0 bridgehead atoms. The molecule has 0 unspecified atom stereocenters. The molecule has 0 radical (unpaired) electrons. The summed E-state index contributed by atoms with van der Waals surface area (Å²) < 4.78 is 7.21. The lowest BCUT2D eigenvalue weighted by molar-refractivity contribution is -0.113. The van der Waals surface area contributed by atoms with Gasteiger partial charge < -0.3 is 19.9 Å². The minimum absolute atomic E-state index is 0.129. The molecular weight excluding hydrogens is 509 g/mol. The molecule has 0 fully saturated rings. The Morgan fingerprint density at radius 3 is 2.60 bits per heavy atom. The molecule has 0 spiro atoms. The van der Waals surface area contributed by atoms with E-state index in [0.717, 1.165) is 5.75 Å². The number of amides is 2. The van der Waals surface area contributed by atoms with Crippen molar-refractivity contribution >= 4 is 52.5 Å². The fourth-order valence-corrected chi connectivity index (χ4v) is 4.42. The number of anilines is 1. The van der Waals surface area contributed by atoms with Crippen molar-refractivity contribution in [2.24, 2.45) is 0 Å². The molecule has 3 aromatic rings. The van der Waals surface area contributed by atoms with Crippen molar-refractivity contribution in [1.29, 1.82) is 0 Å². The molecule has 0 aliphatic carbocycles. The van der Waals surface area contributed by atoms with E-state index in [0.29, 0.717) is 40.4 Å². The third-order valence-electron chi connectivity index (χ3n) is 4.75. The molecule has 11 heteroatoms. The molecule has 0 aliphatic heterocycles. The van der Waals surface area contributed by atoms with Crippen LogP contribution in [0.3, 0.4) is 0 Å². The Kier molecular flexibility index (Phi) is 9.59. The van der Waals surface area contributed by atoms with Crippen molar-refractivity contribution < 1.29 is 14.3 Å². The van der Waals surface area contributed by atoms with Crippen LogP contribution < -0.4 is 15.4 Å². The van der Waals surface area contributed by atoms with Crippen LogP contribution in [0.2, 0.25) is 10.0 Å². The van der Waals surface area contributed by atoms with Gasteiger partial charge in [0.25, 0.3) is 5.91 Å². The van der Waals surface area contributed by atoms with Crippen LogP contribution in [-0.4, -0.2) is 38.9 Å². The van der Waals surface area contributed by atoms with E-state index in [4.69, 9.17) is 27.9 Å². The molecule has 1 heterocycles. The summed E-state index contributed by atoms with van der Waals surface area (Å²) in [5, 5.41) is 15.4. The van der Waals surface area contributed by atoms with Gasteiger partial charge in [-0.05, 0) is 56.3 Å². The van der Waals surface area contributed by atoms with Crippen LogP contribution in [0.1, 0.15) is 36.1 Å². The highest BCUT2D eigenvalue weighted by molar-refractivity contribution is 7.99. The first kappa shape index (κ1) is 26.6. The number of hydrogen-bond acceptors (Lipinski definition) is 6. The first-order valence-corrected chi connectivity index (χ1v) is 12.5. The van der Waals surface area contributed by atoms with Gasteiger partial charge in [0.1, 0.15) is 5.75 Å². The van der Waals surface area contributed by atoms with Gasteiger partial charge in [0.15, 0.2) is 11.0 Å². The number of thioether (sulfide) groups is 1. The van der Waals surface area contributed by atoms with Gasteiger partial charge in [-0.25, -0.2) is 0 Å². The topological polar surface area (TPSA) is 98.1 Å². The quantitative estimate of drug-likeness (QED) is 0.253. The van der Waals surface area contributed by atoms with E-state index in [1.165, 1.54) is 17.8 Å². The van der Waals surface area contributed by atoms with E-state index >= 15 is 0 Å². The molecule has 35 heavy (non-hydrogen) atoms. The number of hydrogen-bond donors (Lipinski definition) is 2. The summed E-state index contributed by atoms with van der Waals surface area (Å²) in [6, 6.07) is 11.3. The smallest absolute Gasteiger partial charge is 0.253 e. The fraction of sp³-hybridized carbons (Fsp3) is 0.250. The van der Waals surface area contributed by atoms with Gasteiger partial charge in [-0.15, -0.1) is 16.8 Å². The van der Waals surface area contributed by atoms with Gasteiger partial charge in [0.2, 0.25) is 5.91 Å². The summed E-state index contributed by atoms with van der Waals surface area (Å²) in [6.45, 7) is 8.47. The zero-order chi connectivity index (χ0) is 25.4. The molecule has 0 aliphatic rings. The number of carbonyl (C=O) groups is 2. The Morgan fingerprint density at radius 2 is 1.94 bits per heavy atom. The third-order valence-corrected chi connectivity index (χ3v) is 6.26. The highest BCUT2D eigenvalue weighted by Crippen LogP contribution is 2.24. The SMILES string of the molecule is C=CCn1c(SCC(=O)Nc2ccc(OCC)cc2)nnc1[C@@H](C)NC(=O)c1ccc(Cl)cc1Cl. The van der Waals surface area contributed by atoms with Crippen LogP contribution >= 0.6 is 35.0 Å². The monoisotopic (exact) mass is 533 g/mol. The fourth-order valence-electron chi connectivity index (χ4n) is 3.17. The van der Waals surface area contributed by atoms with Gasteiger partial charge >= 0.3 is 0 Å². The number of halogens is 2. The van der Waals surface area contributed by atoms with Crippen LogP contribution in [0.25, 0.3) is 0 Å². The summed E-state index contributed by atoms with van der Waals surface area (Å²) in [7, 11) is 0. The molecule has 1 atom stereocenters. The Balaban J connectivity index is 1.64. The van der Waals surface area contributed by atoms with Crippen molar-refractivity contribution in [1.82, 2.24) is 20.1 Å². The molecule has 8 nitrogen and oxygen atoms in total. The average Bonchev–Trinajstić information content (AvgIpc) is 3.22. The highest BCUT2D eigenvalue weighted by atomic mass is 35.5. The molecule has 2 N–H and O–H groups in total. The van der Waals surface area contributed by atoms with Gasteiger partial charge in [-0.1, -0.05) is 41.0 Å². The lowest BCUT2D eigenvalue weighted by Gasteiger charge is -2.16.